The second-order valence-corrected chi connectivity index (χ2v) is 7.95. The number of rotatable bonds is 6. The van der Waals surface area contributed by atoms with Crippen molar-refractivity contribution < 1.29 is 9.59 Å². The molecule has 2 N–H and O–H groups in total. The predicted octanol–water partition coefficient (Wildman–Crippen LogP) is 4.33. The summed E-state index contributed by atoms with van der Waals surface area (Å²) in [5, 5.41) is 6.03. The van der Waals surface area contributed by atoms with Crippen LogP contribution in [0.15, 0.2) is 24.3 Å². The lowest BCUT2D eigenvalue weighted by Gasteiger charge is -2.27. The van der Waals surface area contributed by atoms with E-state index in [1.807, 2.05) is 12.1 Å². The topological polar surface area (TPSA) is 58.2 Å². The van der Waals surface area contributed by atoms with E-state index in [1.54, 1.807) is 0 Å². The molecule has 0 bridgehead atoms. The summed E-state index contributed by atoms with van der Waals surface area (Å²) in [5.41, 5.74) is 2.12. The molecule has 1 saturated carbocycles. The zero-order valence-electron chi connectivity index (χ0n) is 16.0. The first-order valence-corrected chi connectivity index (χ1v) is 9.55. The molecule has 1 aliphatic rings. The van der Waals surface area contributed by atoms with E-state index in [1.165, 1.54) is 5.56 Å². The molecule has 4 nitrogen and oxygen atoms in total. The van der Waals surface area contributed by atoms with Crippen molar-refractivity contribution in [3.8, 4) is 0 Å². The minimum absolute atomic E-state index is 0.0129. The van der Waals surface area contributed by atoms with Crippen LogP contribution in [0.4, 0.5) is 5.69 Å². The molecule has 2 amide bonds. The highest BCUT2D eigenvalue weighted by atomic mass is 16.2. The summed E-state index contributed by atoms with van der Waals surface area (Å²) in [6.07, 6.45) is 3.17. The van der Waals surface area contributed by atoms with Crippen molar-refractivity contribution in [3.05, 3.63) is 29.8 Å². The number of hydrogen-bond acceptors (Lipinski definition) is 2. The quantitative estimate of drug-likeness (QED) is 0.807. The third-order valence-corrected chi connectivity index (χ3v) is 5.00. The fourth-order valence-electron chi connectivity index (χ4n) is 3.26. The minimum Gasteiger partial charge on any atom is -0.356 e. The lowest BCUT2D eigenvalue weighted by atomic mass is 9.81. The first kappa shape index (κ1) is 19.5. The van der Waals surface area contributed by atoms with E-state index in [2.05, 4.69) is 50.5 Å². The van der Waals surface area contributed by atoms with Gasteiger partial charge in [-0.1, -0.05) is 39.8 Å². The number of amides is 2. The molecule has 0 unspecified atom stereocenters. The molecule has 0 heterocycles. The second-order valence-electron chi connectivity index (χ2n) is 7.95. The highest BCUT2D eigenvalue weighted by Gasteiger charge is 2.29. The Bertz CT molecular complexity index is 570. The van der Waals surface area contributed by atoms with Gasteiger partial charge in [0.1, 0.15) is 0 Å². The summed E-state index contributed by atoms with van der Waals surface area (Å²) in [4.78, 5) is 24.6. The van der Waals surface area contributed by atoms with Crippen LogP contribution in [-0.4, -0.2) is 18.4 Å². The van der Waals surface area contributed by atoms with E-state index in [0.717, 1.165) is 37.9 Å². The Balaban J connectivity index is 1.80. The van der Waals surface area contributed by atoms with Crippen molar-refractivity contribution >= 4 is 17.5 Å². The Labute approximate surface area is 151 Å². The van der Waals surface area contributed by atoms with Gasteiger partial charge in [0.05, 0.1) is 0 Å². The van der Waals surface area contributed by atoms with Crippen LogP contribution >= 0.6 is 0 Å². The minimum atomic E-state index is 0.0129. The molecule has 0 radical (unpaired) electrons. The van der Waals surface area contributed by atoms with Crippen LogP contribution in [0.2, 0.25) is 0 Å². The van der Waals surface area contributed by atoms with Gasteiger partial charge in [-0.25, -0.2) is 0 Å². The molecule has 2 rings (SSSR count). The first-order valence-electron chi connectivity index (χ1n) is 9.55. The Kier molecular flexibility index (Phi) is 7.03. The van der Waals surface area contributed by atoms with Crippen LogP contribution < -0.4 is 10.6 Å². The zero-order valence-corrected chi connectivity index (χ0v) is 16.0. The molecule has 1 aliphatic carbocycles. The Morgan fingerprint density at radius 1 is 0.920 bits per heavy atom. The average molecular weight is 344 g/mol. The van der Waals surface area contributed by atoms with Gasteiger partial charge in [0.2, 0.25) is 11.8 Å². The average Bonchev–Trinajstić information content (AvgIpc) is 2.60. The number of carbonyl (C=O) groups is 2. The van der Waals surface area contributed by atoms with E-state index in [9.17, 15) is 9.59 Å². The van der Waals surface area contributed by atoms with Gasteiger partial charge < -0.3 is 10.6 Å². The molecule has 1 aromatic carbocycles. The fourth-order valence-corrected chi connectivity index (χ4v) is 3.26. The van der Waals surface area contributed by atoms with Crippen molar-refractivity contribution in [2.24, 2.45) is 17.8 Å². The molecular formula is C21H32N2O2. The lowest BCUT2D eigenvalue weighted by molar-refractivity contribution is -0.128. The smallest absolute Gasteiger partial charge is 0.227 e. The highest BCUT2D eigenvalue weighted by molar-refractivity contribution is 5.92. The van der Waals surface area contributed by atoms with Gasteiger partial charge in [-0.05, 0) is 55.2 Å². The van der Waals surface area contributed by atoms with E-state index >= 15 is 0 Å². The summed E-state index contributed by atoms with van der Waals surface area (Å²) in [7, 11) is 0. The molecule has 1 aromatic rings. The van der Waals surface area contributed by atoms with Gasteiger partial charge >= 0.3 is 0 Å². The van der Waals surface area contributed by atoms with Crippen LogP contribution in [-0.2, 0) is 9.59 Å². The molecule has 1 fully saturated rings. The highest BCUT2D eigenvalue weighted by Crippen LogP contribution is 2.30. The Morgan fingerprint density at radius 2 is 1.44 bits per heavy atom. The van der Waals surface area contributed by atoms with Crippen molar-refractivity contribution in [2.45, 2.75) is 59.3 Å². The number of nitrogens with one attached hydrogen (secondary N) is 2. The number of anilines is 1. The van der Waals surface area contributed by atoms with E-state index < -0.39 is 0 Å². The Hall–Kier alpha value is -1.84. The van der Waals surface area contributed by atoms with Gasteiger partial charge in [-0.15, -0.1) is 0 Å². The summed E-state index contributed by atoms with van der Waals surface area (Å²) in [5.74, 6) is 1.26. The lowest BCUT2D eigenvalue weighted by Crippen LogP contribution is -2.36. The first-order chi connectivity index (χ1) is 11.9. The molecule has 138 valence electrons. The molecule has 0 spiro atoms. The summed E-state index contributed by atoms with van der Waals surface area (Å²) in [6, 6.07) is 8.07. The fraction of sp³-hybridized carbons (Fsp3) is 0.619. The van der Waals surface area contributed by atoms with E-state index in [-0.39, 0.29) is 23.7 Å². The van der Waals surface area contributed by atoms with Crippen LogP contribution in [0.25, 0.3) is 0 Å². The maximum atomic E-state index is 12.5. The van der Waals surface area contributed by atoms with Gasteiger partial charge in [0.15, 0.2) is 0 Å². The molecule has 4 heteroatoms. The maximum Gasteiger partial charge on any atom is 0.227 e. The van der Waals surface area contributed by atoms with E-state index in [0.29, 0.717) is 11.8 Å². The molecule has 0 atom stereocenters. The van der Waals surface area contributed by atoms with Gasteiger partial charge in [0, 0.05) is 24.1 Å². The SMILES string of the molecule is CC(C)CNC(=O)C1CCC(C(=O)Nc2ccc(C(C)C)cc2)CC1. The monoisotopic (exact) mass is 344 g/mol. The summed E-state index contributed by atoms with van der Waals surface area (Å²) < 4.78 is 0. The normalized spacial score (nSPS) is 20.6. The predicted molar refractivity (Wildman–Crippen MR) is 102 cm³/mol. The summed E-state index contributed by atoms with van der Waals surface area (Å²) in [6.45, 7) is 9.22. The molecular weight excluding hydrogens is 312 g/mol. The van der Waals surface area contributed by atoms with Gasteiger partial charge in [0.25, 0.3) is 0 Å². The number of benzene rings is 1. The molecule has 0 aromatic heterocycles. The zero-order chi connectivity index (χ0) is 18.4. The standard InChI is InChI=1S/C21H32N2O2/c1-14(2)13-22-20(24)17-5-7-18(8-6-17)21(25)23-19-11-9-16(10-12-19)15(3)4/h9-12,14-15,17-18H,5-8,13H2,1-4H3,(H,22,24)(H,23,25). The van der Waals surface area contributed by atoms with Crippen LogP contribution in [0.5, 0.6) is 0 Å². The Morgan fingerprint density at radius 3 is 1.92 bits per heavy atom. The molecule has 0 aliphatic heterocycles. The van der Waals surface area contributed by atoms with Crippen LogP contribution in [0, 0.1) is 17.8 Å². The van der Waals surface area contributed by atoms with Crippen molar-refractivity contribution in [1.29, 1.82) is 0 Å². The number of carbonyl (C=O) groups excluding carboxylic acids is 2. The second kappa shape index (κ2) is 9.02. The maximum absolute atomic E-state index is 12.5. The summed E-state index contributed by atoms with van der Waals surface area (Å²) >= 11 is 0. The third kappa shape index (κ3) is 5.87. The molecule has 0 saturated heterocycles. The van der Waals surface area contributed by atoms with Crippen molar-refractivity contribution in [2.75, 3.05) is 11.9 Å². The molecule has 25 heavy (non-hydrogen) atoms. The van der Waals surface area contributed by atoms with Gasteiger partial charge in [-0.2, -0.15) is 0 Å². The van der Waals surface area contributed by atoms with Gasteiger partial charge in [-0.3, -0.25) is 9.59 Å². The third-order valence-electron chi connectivity index (χ3n) is 5.00. The van der Waals surface area contributed by atoms with E-state index in [4.69, 9.17) is 0 Å². The van der Waals surface area contributed by atoms with Crippen molar-refractivity contribution in [3.63, 3.8) is 0 Å². The van der Waals surface area contributed by atoms with Crippen LogP contribution in [0.3, 0.4) is 0 Å². The van der Waals surface area contributed by atoms with Crippen molar-refractivity contribution in [1.82, 2.24) is 5.32 Å². The number of hydrogen-bond donors (Lipinski definition) is 2. The largest absolute Gasteiger partial charge is 0.356 e. The van der Waals surface area contributed by atoms with Crippen LogP contribution in [0.1, 0.15) is 64.9 Å².